The zero-order valence-electron chi connectivity index (χ0n) is 11.4. The zero-order chi connectivity index (χ0) is 14.8. The molecular formula is C16H13FN2O2. The van der Waals surface area contributed by atoms with Crippen molar-refractivity contribution >= 4 is 0 Å². The average molecular weight is 284 g/mol. The predicted octanol–water partition coefficient (Wildman–Crippen LogP) is 3.00. The topological polar surface area (TPSA) is 48.0 Å². The molecule has 106 valence electrons. The van der Waals surface area contributed by atoms with Crippen molar-refractivity contribution in [3.8, 4) is 11.5 Å². The van der Waals surface area contributed by atoms with Gasteiger partial charge in [-0.25, -0.2) is 9.37 Å². The number of aromatic nitrogens is 2. The van der Waals surface area contributed by atoms with E-state index in [4.69, 9.17) is 4.42 Å². The van der Waals surface area contributed by atoms with E-state index in [1.54, 1.807) is 29.0 Å². The van der Waals surface area contributed by atoms with Crippen molar-refractivity contribution in [2.75, 3.05) is 0 Å². The smallest absolute Gasteiger partial charge is 0.251 e. The van der Waals surface area contributed by atoms with Gasteiger partial charge >= 0.3 is 0 Å². The molecule has 2 heterocycles. The molecule has 0 N–H and O–H groups in total. The Bertz CT molecular complexity index is 819. The largest absolute Gasteiger partial charge is 0.444 e. The van der Waals surface area contributed by atoms with Crippen molar-refractivity contribution in [1.82, 2.24) is 9.55 Å². The number of oxazole rings is 1. The number of hydrogen-bond donors (Lipinski definition) is 0. The molecule has 0 saturated carbocycles. The summed E-state index contributed by atoms with van der Waals surface area (Å²) in [5.74, 6) is 0.0990. The van der Waals surface area contributed by atoms with Gasteiger partial charge in [0.25, 0.3) is 5.56 Å². The Morgan fingerprint density at radius 3 is 2.71 bits per heavy atom. The van der Waals surface area contributed by atoms with Crippen LogP contribution in [0.4, 0.5) is 4.39 Å². The van der Waals surface area contributed by atoms with E-state index in [1.165, 1.54) is 18.4 Å². The summed E-state index contributed by atoms with van der Waals surface area (Å²) in [6.45, 7) is 2.21. The Labute approximate surface area is 120 Å². The first-order valence-electron chi connectivity index (χ1n) is 6.49. The van der Waals surface area contributed by atoms with E-state index in [9.17, 15) is 9.18 Å². The second-order valence-electron chi connectivity index (χ2n) is 4.82. The molecule has 0 fully saturated rings. The van der Waals surface area contributed by atoms with Crippen LogP contribution in [0.2, 0.25) is 0 Å². The molecule has 2 aromatic heterocycles. The lowest BCUT2D eigenvalue weighted by Gasteiger charge is -2.02. The van der Waals surface area contributed by atoms with Crippen LogP contribution in [-0.2, 0) is 6.54 Å². The lowest BCUT2D eigenvalue weighted by atomic mass is 10.2. The molecule has 0 aliphatic heterocycles. The van der Waals surface area contributed by atoms with Gasteiger partial charge in [-0.15, -0.1) is 0 Å². The van der Waals surface area contributed by atoms with Crippen LogP contribution in [0.5, 0.6) is 0 Å². The van der Waals surface area contributed by atoms with E-state index in [-0.39, 0.29) is 11.4 Å². The number of halogens is 1. The van der Waals surface area contributed by atoms with Crippen LogP contribution >= 0.6 is 0 Å². The first-order chi connectivity index (χ1) is 10.1. The highest BCUT2D eigenvalue weighted by Gasteiger charge is 2.08. The van der Waals surface area contributed by atoms with Gasteiger partial charge in [0.15, 0.2) is 0 Å². The molecule has 3 aromatic rings. The second kappa shape index (κ2) is 5.36. The molecule has 0 unspecified atom stereocenters. The molecular weight excluding hydrogens is 271 g/mol. The van der Waals surface area contributed by atoms with E-state index in [0.29, 0.717) is 23.7 Å². The summed E-state index contributed by atoms with van der Waals surface area (Å²) in [4.78, 5) is 16.1. The van der Waals surface area contributed by atoms with E-state index < -0.39 is 0 Å². The van der Waals surface area contributed by atoms with Gasteiger partial charge < -0.3 is 8.98 Å². The summed E-state index contributed by atoms with van der Waals surface area (Å²) in [6.07, 6.45) is 3.23. The molecule has 0 atom stereocenters. The summed E-state index contributed by atoms with van der Waals surface area (Å²) < 4.78 is 19.8. The molecule has 0 aliphatic rings. The maximum atomic E-state index is 12.9. The fourth-order valence-electron chi connectivity index (χ4n) is 2.02. The van der Waals surface area contributed by atoms with Crippen LogP contribution in [-0.4, -0.2) is 9.55 Å². The molecule has 21 heavy (non-hydrogen) atoms. The fraction of sp³-hybridized carbons (Fsp3) is 0.125. The SMILES string of the molecule is Cc1ccn(Cc2coc(-c3ccc(F)cc3)n2)c(=O)c1. The Hall–Kier alpha value is -2.69. The van der Waals surface area contributed by atoms with Crippen LogP contribution in [0.1, 0.15) is 11.3 Å². The molecule has 3 rings (SSSR count). The first-order valence-corrected chi connectivity index (χ1v) is 6.49. The predicted molar refractivity (Wildman–Crippen MR) is 76.4 cm³/mol. The van der Waals surface area contributed by atoms with Crippen molar-refractivity contribution in [3.05, 3.63) is 76.3 Å². The van der Waals surface area contributed by atoms with Crippen LogP contribution < -0.4 is 5.56 Å². The van der Waals surface area contributed by atoms with Gasteiger partial charge in [0.05, 0.1) is 12.2 Å². The summed E-state index contributed by atoms with van der Waals surface area (Å²) in [5, 5.41) is 0. The number of nitrogens with zero attached hydrogens (tertiary/aromatic N) is 2. The quantitative estimate of drug-likeness (QED) is 0.743. The zero-order valence-corrected chi connectivity index (χ0v) is 11.4. The Kier molecular flexibility index (Phi) is 3.39. The van der Waals surface area contributed by atoms with Gasteiger partial charge in [-0.3, -0.25) is 4.79 Å². The summed E-state index contributed by atoms with van der Waals surface area (Å²) in [5.41, 5.74) is 2.17. The minimum Gasteiger partial charge on any atom is -0.444 e. The van der Waals surface area contributed by atoms with Crippen molar-refractivity contribution in [2.45, 2.75) is 13.5 Å². The molecule has 0 spiro atoms. The maximum Gasteiger partial charge on any atom is 0.251 e. The van der Waals surface area contributed by atoms with Gasteiger partial charge in [-0.05, 0) is 42.8 Å². The normalized spacial score (nSPS) is 10.8. The molecule has 1 aromatic carbocycles. The standard InChI is InChI=1S/C16H13FN2O2/c1-11-6-7-19(15(20)8-11)9-14-10-21-16(18-14)12-2-4-13(17)5-3-12/h2-8,10H,9H2,1H3. The first kappa shape index (κ1) is 13.3. The highest BCUT2D eigenvalue weighted by Crippen LogP contribution is 2.19. The third-order valence-electron chi connectivity index (χ3n) is 3.13. The van der Waals surface area contributed by atoms with Crippen molar-refractivity contribution < 1.29 is 8.81 Å². The molecule has 0 aliphatic carbocycles. The highest BCUT2D eigenvalue weighted by atomic mass is 19.1. The molecule has 0 amide bonds. The van der Waals surface area contributed by atoms with Gasteiger partial charge in [0.1, 0.15) is 12.1 Å². The molecule has 5 heteroatoms. The molecule has 0 bridgehead atoms. The monoisotopic (exact) mass is 284 g/mol. The van der Waals surface area contributed by atoms with Crippen LogP contribution in [0.3, 0.4) is 0 Å². The number of aryl methyl sites for hydroxylation is 1. The number of pyridine rings is 1. The maximum absolute atomic E-state index is 12.9. The Morgan fingerprint density at radius 2 is 2.00 bits per heavy atom. The summed E-state index contributed by atoms with van der Waals surface area (Å²) >= 11 is 0. The summed E-state index contributed by atoms with van der Waals surface area (Å²) in [6, 6.07) is 9.34. The minimum absolute atomic E-state index is 0.0821. The van der Waals surface area contributed by atoms with Crippen LogP contribution in [0, 0.1) is 12.7 Å². The van der Waals surface area contributed by atoms with Crippen LogP contribution in [0.15, 0.2) is 58.1 Å². The van der Waals surface area contributed by atoms with Crippen molar-refractivity contribution in [3.63, 3.8) is 0 Å². The minimum atomic E-state index is -0.309. The molecule has 4 nitrogen and oxygen atoms in total. The van der Waals surface area contributed by atoms with Gasteiger partial charge in [0.2, 0.25) is 5.89 Å². The van der Waals surface area contributed by atoms with Gasteiger partial charge in [-0.2, -0.15) is 0 Å². The third kappa shape index (κ3) is 2.91. The second-order valence-corrected chi connectivity index (χ2v) is 4.82. The number of rotatable bonds is 3. The fourth-order valence-corrected chi connectivity index (χ4v) is 2.02. The third-order valence-corrected chi connectivity index (χ3v) is 3.13. The van der Waals surface area contributed by atoms with E-state index in [0.717, 1.165) is 5.56 Å². The lowest BCUT2D eigenvalue weighted by Crippen LogP contribution is -2.19. The Balaban J connectivity index is 1.85. The number of hydrogen-bond acceptors (Lipinski definition) is 3. The molecule has 0 radical (unpaired) electrons. The van der Waals surface area contributed by atoms with Gasteiger partial charge in [0, 0.05) is 17.8 Å². The Morgan fingerprint density at radius 1 is 1.24 bits per heavy atom. The van der Waals surface area contributed by atoms with Crippen molar-refractivity contribution in [1.29, 1.82) is 0 Å². The highest BCUT2D eigenvalue weighted by molar-refractivity contribution is 5.52. The van der Waals surface area contributed by atoms with Gasteiger partial charge in [-0.1, -0.05) is 0 Å². The summed E-state index contributed by atoms with van der Waals surface area (Å²) in [7, 11) is 0. The van der Waals surface area contributed by atoms with Crippen LogP contribution in [0.25, 0.3) is 11.5 Å². The molecule has 0 saturated heterocycles. The number of benzene rings is 1. The van der Waals surface area contributed by atoms with E-state index in [1.807, 2.05) is 13.0 Å². The van der Waals surface area contributed by atoms with Crippen molar-refractivity contribution in [2.24, 2.45) is 0 Å². The lowest BCUT2D eigenvalue weighted by molar-refractivity contribution is 0.570. The van der Waals surface area contributed by atoms with E-state index in [2.05, 4.69) is 4.98 Å². The van der Waals surface area contributed by atoms with E-state index >= 15 is 0 Å². The average Bonchev–Trinajstić information content (AvgIpc) is 2.91.